The maximum Gasteiger partial charge on any atom is 0.0325 e. The van der Waals surface area contributed by atoms with E-state index in [-0.39, 0.29) is 0 Å². The standard InChI is InChI=1S/C13H16ClN/c14-9-4-10-15-13-8-3-6-11-5-1-2-7-12(11)13/h1-2,4-5,7,9,13,15H,3,6,8,10H2/b9-4+. The first-order chi connectivity index (χ1) is 7.42. The van der Waals surface area contributed by atoms with Crippen LogP contribution in [0, 0.1) is 0 Å². The van der Waals surface area contributed by atoms with Gasteiger partial charge in [0.05, 0.1) is 0 Å². The van der Waals surface area contributed by atoms with E-state index < -0.39 is 0 Å². The SMILES string of the molecule is Cl/C=C/CNC1CCCc2ccccc21. The molecule has 15 heavy (non-hydrogen) atoms. The molecule has 80 valence electrons. The number of aryl methyl sites for hydroxylation is 1. The lowest BCUT2D eigenvalue weighted by Crippen LogP contribution is -2.25. The molecule has 1 atom stereocenters. The maximum absolute atomic E-state index is 5.50. The van der Waals surface area contributed by atoms with Gasteiger partial charge >= 0.3 is 0 Å². The van der Waals surface area contributed by atoms with Crippen LogP contribution in [0.1, 0.15) is 30.0 Å². The Hall–Kier alpha value is -0.790. The Labute approximate surface area is 96.1 Å². The van der Waals surface area contributed by atoms with Crippen LogP contribution >= 0.6 is 11.6 Å². The molecule has 0 radical (unpaired) electrons. The van der Waals surface area contributed by atoms with Gasteiger partial charge in [-0.25, -0.2) is 0 Å². The fourth-order valence-electron chi connectivity index (χ4n) is 2.22. The van der Waals surface area contributed by atoms with Crippen molar-refractivity contribution in [2.45, 2.75) is 25.3 Å². The summed E-state index contributed by atoms with van der Waals surface area (Å²) in [5.74, 6) is 0. The number of hydrogen-bond acceptors (Lipinski definition) is 1. The largest absolute Gasteiger partial charge is 0.306 e. The van der Waals surface area contributed by atoms with Crippen molar-refractivity contribution in [1.29, 1.82) is 0 Å². The Bertz CT molecular complexity index is 346. The zero-order chi connectivity index (χ0) is 10.5. The third-order valence-electron chi connectivity index (χ3n) is 2.94. The van der Waals surface area contributed by atoms with Crippen molar-refractivity contribution in [2.24, 2.45) is 0 Å². The number of halogens is 1. The van der Waals surface area contributed by atoms with Crippen LogP contribution in [0.3, 0.4) is 0 Å². The van der Waals surface area contributed by atoms with Crippen LogP contribution in [-0.2, 0) is 6.42 Å². The summed E-state index contributed by atoms with van der Waals surface area (Å²) in [4.78, 5) is 0. The van der Waals surface area contributed by atoms with Crippen LogP contribution in [-0.4, -0.2) is 6.54 Å². The first kappa shape index (κ1) is 10.7. The number of hydrogen-bond donors (Lipinski definition) is 1. The summed E-state index contributed by atoms with van der Waals surface area (Å²) in [6.45, 7) is 0.850. The molecule has 1 nitrogen and oxygen atoms in total. The molecule has 0 heterocycles. The molecule has 1 unspecified atom stereocenters. The summed E-state index contributed by atoms with van der Waals surface area (Å²) < 4.78 is 0. The molecular formula is C13H16ClN. The predicted octanol–water partition coefficient (Wildman–Crippen LogP) is 3.41. The molecule has 0 aromatic heterocycles. The van der Waals surface area contributed by atoms with Crippen molar-refractivity contribution in [3.8, 4) is 0 Å². The Morgan fingerprint density at radius 3 is 3.13 bits per heavy atom. The average Bonchev–Trinajstić information content (AvgIpc) is 2.30. The van der Waals surface area contributed by atoms with E-state index in [9.17, 15) is 0 Å². The molecule has 0 amide bonds. The van der Waals surface area contributed by atoms with Crippen LogP contribution in [0.4, 0.5) is 0 Å². The first-order valence-corrected chi connectivity index (χ1v) is 5.92. The van der Waals surface area contributed by atoms with E-state index in [4.69, 9.17) is 11.6 Å². The van der Waals surface area contributed by atoms with Gasteiger partial charge in [0, 0.05) is 18.1 Å². The van der Waals surface area contributed by atoms with E-state index in [2.05, 4.69) is 29.6 Å². The molecule has 1 aromatic rings. The van der Waals surface area contributed by atoms with E-state index in [1.807, 2.05) is 6.08 Å². The summed E-state index contributed by atoms with van der Waals surface area (Å²) in [6.07, 6.45) is 5.67. The van der Waals surface area contributed by atoms with E-state index >= 15 is 0 Å². The molecular weight excluding hydrogens is 206 g/mol. The summed E-state index contributed by atoms with van der Waals surface area (Å²) >= 11 is 5.50. The highest BCUT2D eigenvalue weighted by molar-refractivity contribution is 6.25. The van der Waals surface area contributed by atoms with E-state index in [0.29, 0.717) is 6.04 Å². The van der Waals surface area contributed by atoms with Gasteiger partial charge < -0.3 is 5.32 Å². The molecule has 1 N–H and O–H groups in total. The topological polar surface area (TPSA) is 12.0 Å². The molecule has 2 rings (SSSR count). The Morgan fingerprint density at radius 1 is 1.40 bits per heavy atom. The Morgan fingerprint density at radius 2 is 2.27 bits per heavy atom. The van der Waals surface area contributed by atoms with Crippen LogP contribution < -0.4 is 5.32 Å². The van der Waals surface area contributed by atoms with E-state index in [1.54, 1.807) is 5.54 Å². The van der Waals surface area contributed by atoms with Crippen molar-refractivity contribution in [2.75, 3.05) is 6.54 Å². The zero-order valence-corrected chi connectivity index (χ0v) is 9.50. The minimum atomic E-state index is 0.503. The van der Waals surface area contributed by atoms with Gasteiger partial charge in [0.2, 0.25) is 0 Å². The average molecular weight is 222 g/mol. The molecule has 0 fully saturated rings. The third-order valence-corrected chi connectivity index (χ3v) is 3.12. The Kier molecular flexibility index (Phi) is 3.81. The molecule has 2 heteroatoms. The molecule has 0 saturated carbocycles. The second-order valence-electron chi connectivity index (χ2n) is 3.91. The fraction of sp³-hybridized carbons (Fsp3) is 0.385. The molecule has 0 bridgehead atoms. The Balaban J connectivity index is 2.08. The molecule has 1 aliphatic carbocycles. The van der Waals surface area contributed by atoms with Gasteiger partial charge in [-0.2, -0.15) is 0 Å². The van der Waals surface area contributed by atoms with Crippen molar-refractivity contribution < 1.29 is 0 Å². The van der Waals surface area contributed by atoms with Gasteiger partial charge in [-0.15, -0.1) is 0 Å². The normalized spacial score (nSPS) is 20.5. The van der Waals surface area contributed by atoms with Crippen molar-refractivity contribution in [3.63, 3.8) is 0 Å². The van der Waals surface area contributed by atoms with Crippen molar-refractivity contribution in [3.05, 3.63) is 47.0 Å². The fourth-order valence-corrected chi connectivity index (χ4v) is 2.31. The summed E-state index contributed by atoms with van der Waals surface area (Å²) in [7, 11) is 0. The lowest BCUT2D eigenvalue weighted by Gasteiger charge is -2.25. The van der Waals surface area contributed by atoms with E-state index in [1.165, 1.54) is 30.4 Å². The highest BCUT2D eigenvalue weighted by Gasteiger charge is 2.18. The summed E-state index contributed by atoms with van der Waals surface area (Å²) in [6, 6.07) is 9.22. The van der Waals surface area contributed by atoms with Gasteiger partial charge in [-0.1, -0.05) is 41.9 Å². The zero-order valence-electron chi connectivity index (χ0n) is 8.75. The van der Waals surface area contributed by atoms with Crippen LogP contribution in [0.25, 0.3) is 0 Å². The lowest BCUT2D eigenvalue weighted by molar-refractivity contribution is 0.480. The second-order valence-corrected chi connectivity index (χ2v) is 4.17. The van der Waals surface area contributed by atoms with E-state index in [0.717, 1.165) is 6.54 Å². The van der Waals surface area contributed by atoms with Gasteiger partial charge in [0.15, 0.2) is 0 Å². The third kappa shape index (κ3) is 2.61. The number of nitrogens with one attached hydrogen (secondary N) is 1. The molecule has 1 aromatic carbocycles. The quantitative estimate of drug-likeness (QED) is 0.825. The van der Waals surface area contributed by atoms with Crippen molar-refractivity contribution in [1.82, 2.24) is 5.32 Å². The van der Waals surface area contributed by atoms with Crippen molar-refractivity contribution >= 4 is 11.6 Å². The summed E-state index contributed by atoms with van der Waals surface area (Å²) in [5, 5.41) is 3.51. The monoisotopic (exact) mass is 221 g/mol. The highest BCUT2D eigenvalue weighted by atomic mass is 35.5. The number of fused-ring (bicyclic) bond motifs is 1. The minimum absolute atomic E-state index is 0.503. The maximum atomic E-state index is 5.50. The van der Waals surface area contributed by atoms with Gasteiger partial charge in [0.1, 0.15) is 0 Å². The first-order valence-electron chi connectivity index (χ1n) is 5.48. The smallest absolute Gasteiger partial charge is 0.0325 e. The molecule has 0 saturated heterocycles. The van der Waals surface area contributed by atoms with Gasteiger partial charge in [-0.05, 0) is 30.4 Å². The van der Waals surface area contributed by atoms with Gasteiger partial charge in [-0.3, -0.25) is 0 Å². The van der Waals surface area contributed by atoms with Crippen LogP contribution in [0.5, 0.6) is 0 Å². The number of benzene rings is 1. The minimum Gasteiger partial charge on any atom is -0.306 e. The second kappa shape index (κ2) is 5.34. The van der Waals surface area contributed by atoms with Crippen LogP contribution in [0.2, 0.25) is 0 Å². The molecule has 0 spiro atoms. The molecule has 1 aliphatic rings. The highest BCUT2D eigenvalue weighted by Crippen LogP contribution is 2.29. The summed E-state index contributed by atoms with van der Waals surface area (Å²) in [5.41, 5.74) is 4.53. The molecule has 0 aliphatic heterocycles. The van der Waals surface area contributed by atoms with Crippen LogP contribution in [0.15, 0.2) is 35.9 Å². The number of rotatable bonds is 3. The van der Waals surface area contributed by atoms with Gasteiger partial charge in [0.25, 0.3) is 0 Å². The lowest BCUT2D eigenvalue weighted by atomic mass is 9.88. The predicted molar refractivity (Wildman–Crippen MR) is 65.1 cm³/mol.